The molecule has 2 N–H and O–H groups in total. The first-order valence-electron chi connectivity index (χ1n) is 8.06. The second-order valence-corrected chi connectivity index (χ2v) is 7.17. The summed E-state index contributed by atoms with van der Waals surface area (Å²) in [5, 5.41) is 0. The van der Waals surface area contributed by atoms with Gasteiger partial charge < -0.3 is 10.2 Å². The molecule has 0 aromatic heterocycles. The standard InChI is InChI=1S/C17H25F4N2/c1-12(2)9-23(6-5-13(8-22)10-23)11-14-3-4-15(18)7-16(14)17(19,20)21/h3-4,7,12-13H,5-6,8-11,22H2,1-2H3/q+1/t13-,23?/m0/s1. The first kappa shape index (κ1) is 18.2. The minimum Gasteiger partial charge on any atom is -0.330 e. The maximum absolute atomic E-state index is 13.3. The highest BCUT2D eigenvalue weighted by Gasteiger charge is 2.41. The van der Waals surface area contributed by atoms with Gasteiger partial charge in [-0.25, -0.2) is 4.39 Å². The van der Waals surface area contributed by atoms with E-state index >= 15 is 0 Å². The van der Waals surface area contributed by atoms with E-state index in [1.54, 1.807) is 0 Å². The fourth-order valence-corrected chi connectivity index (χ4v) is 3.84. The van der Waals surface area contributed by atoms with Crippen LogP contribution >= 0.6 is 0 Å². The van der Waals surface area contributed by atoms with Crippen LogP contribution in [0.4, 0.5) is 17.6 Å². The summed E-state index contributed by atoms with van der Waals surface area (Å²) in [5.41, 5.74) is 5.08. The summed E-state index contributed by atoms with van der Waals surface area (Å²) in [7, 11) is 0. The van der Waals surface area contributed by atoms with Gasteiger partial charge in [-0.1, -0.05) is 13.8 Å². The van der Waals surface area contributed by atoms with E-state index in [1.807, 2.05) is 0 Å². The molecular formula is C17H25F4N2+. The number of hydrogen-bond acceptors (Lipinski definition) is 1. The molecule has 2 atom stereocenters. The monoisotopic (exact) mass is 333 g/mol. The molecule has 1 fully saturated rings. The van der Waals surface area contributed by atoms with E-state index in [4.69, 9.17) is 5.73 Å². The van der Waals surface area contributed by atoms with Crippen molar-refractivity contribution in [3.05, 3.63) is 35.1 Å². The molecule has 2 rings (SSSR count). The zero-order valence-corrected chi connectivity index (χ0v) is 13.7. The predicted octanol–water partition coefficient (Wildman–Crippen LogP) is 3.80. The largest absolute Gasteiger partial charge is 0.416 e. The van der Waals surface area contributed by atoms with Crippen LogP contribution in [0.2, 0.25) is 0 Å². The van der Waals surface area contributed by atoms with Crippen LogP contribution in [0.5, 0.6) is 0 Å². The van der Waals surface area contributed by atoms with Gasteiger partial charge in [0.2, 0.25) is 0 Å². The average molecular weight is 333 g/mol. The minimum absolute atomic E-state index is 0.178. The highest BCUT2D eigenvalue weighted by atomic mass is 19.4. The lowest BCUT2D eigenvalue weighted by atomic mass is 10.0. The molecule has 0 aliphatic carbocycles. The second kappa shape index (κ2) is 6.77. The predicted molar refractivity (Wildman–Crippen MR) is 82.0 cm³/mol. The first-order valence-corrected chi connectivity index (χ1v) is 8.06. The quantitative estimate of drug-likeness (QED) is 0.644. The molecule has 1 aliphatic heterocycles. The lowest BCUT2D eigenvalue weighted by Crippen LogP contribution is -2.48. The van der Waals surface area contributed by atoms with Gasteiger partial charge in [-0.15, -0.1) is 0 Å². The van der Waals surface area contributed by atoms with Crippen molar-refractivity contribution in [3.8, 4) is 0 Å². The molecule has 1 aromatic carbocycles. The third kappa shape index (κ3) is 4.44. The lowest BCUT2D eigenvalue weighted by molar-refractivity contribution is -0.933. The average Bonchev–Trinajstić information content (AvgIpc) is 2.82. The van der Waals surface area contributed by atoms with E-state index in [-0.39, 0.29) is 12.1 Å². The van der Waals surface area contributed by atoms with Gasteiger partial charge in [0, 0.05) is 30.4 Å². The van der Waals surface area contributed by atoms with Gasteiger partial charge >= 0.3 is 6.18 Å². The van der Waals surface area contributed by atoms with Gasteiger partial charge in [0.25, 0.3) is 0 Å². The van der Waals surface area contributed by atoms with Gasteiger partial charge in [0.05, 0.1) is 25.2 Å². The summed E-state index contributed by atoms with van der Waals surface area (Å²) in [4.78, 5) is 0. The summed E-state index contributed by atoms with van der Waals surface area (Å²) in [5.74, 6) is -0.123. The fraction of sp³-hybridized carbons (Fsp3) is 0.647. The highest BCUT2D eigenvalue weighted by molar-refractivity contribution is 5.30. The van der Waals surface area contributed by atoms with Gasteiger partial charge in [0.1, 0.15) is 12.4 Å². The van der Waals surface area contributed by atoms with Crippen molar-refractivity contribution in [2.24, 2.45) is 17.6 Å². The molecule has 1 aromatic rings. The van der Waals surface area contributed by atoms with E-state index in [0.717, 1.165) is 32.1 Å². The Morgan fingerprint density at radius 3 is 2.52 bits per heavy atom. The van der Waals surface area contributed by atoms with Crippen molar-refractivity contribution < 1.29 is 22.0 Å². The molecule has 0 radical (unpaired) electrons. The summed E-state index contributed by atoms with van der Waals surface area (Å²) < 4.78 is 53.6. The smallest absolute Gasteiger partial charge is 0.330 e. The first-order chi connectivity index (χ1) is 10.6. The number of nitrogens with two attached hydrogens (primary N) is 1. The number of likely N-dealkylation sites (tertiary alicyclic amines) is 1. The van der Waals surface area contributed by atoms with Crippen molar-refractivity contribution in [3.63, 3.8) is 0 Å². The van der Waals surface area contributed by atoms with Crippen LogP contribution in [0.15, 0.2) is 18.2 Å². The molecule has 1 heterocycles. The molecule has 0 spiro atoms. The molecule has 0 bridgehead atoms. The van der Waals surface area contributed by atoms with Gasteiger partial charge in [0.15, 0.2) is 0 Å². The number of nitrogens with zero attached hydrogens (tertiary/aromatic N) is 1. The minimum atomic E-state index is -4.54. The van der Waals surface area contributed by atoms with E-state index in [1.165, 1.54) is 6.07 Å². The van der Waals surface area contributed by atoms with Gasteiger partial charge in [-0.2, -0.15) is 13.2 Å². The van der Waals surface area contributed by atoms with Crippen molar-refractivity contribution >= 4 is 0 Å². The molecule has 130 valence electrons. The molecule has 1 unspecified atom stereocenters. The molecule has 6 heteroatoms. The van der Waals surface area contributed by atoms with Crippen molar-refractivity contribution in [1.82, 2.24) is 0 Å². The van der Waals surface area contributed by atoms with Gasteiger partial charge in [-0.05, 0) is 18.2 Å². The number of benzene rings is 1. The molecule has 0 saturated carbocycles. The Kier molecular flexibility index (Phi) is 5.36. The summed E-state index contributed by atoms with van der Waals surface area (Å²) in [6.45, 7) is 7.43. The van der Waals surface area contributed by atoms with Crippen LogP contribution in [0, 0.1) is 17.7 Å². The molecule has 0 amide bonds. The lowest BCUT2D eigenvalue weighted by Gasteiger charge is -2.37. The second-order valence-electron chi connectivity index (χ2n) is 7.17. The van der Waals surface area contributed by atoms with Crippen molar-refractivity contribution in [2.75, 3.05) is 26.2 Å². The van der Waals surface area contributed by atoms with Crippen LogP contribution < -0.4 is 5.73 Å². The SMILES string of the molecule is CC(C)C[N+]1(Cc2ccc(F)cc2C(F)(F)F)CC[C@@H](CN)C1. The number of alkyl halides is 3. The van der Waals surface area contributed by atoms with Crippen LogP contribution in [-0.4, -0.2) is 30.7 Å². The Morgan fingerprint density at radius 2 is 2.00 bits per heavy atom. The molecular weight excluding hydrogens is 308 g/mol. The maximum Gasteiger partial charge on any atom is 0.416 e. The van der Waals surface area contributed by atoms with Crippen LogP contribution in [0.25, 0.3) is 0 Å². The maximum atomic E-state index is 13.3. The van der Waals surface area contributed by atoms with Crippen molar-refractivity contribution in [1.29, 1.82) is 0 Å². The van der Waals surface area contributed by atoms with Crippen molar-refractivity contribution in [2.45, 2.75) is 33.0 Å². The number of halogens is 4. The Hall–Kier alpha value is -1.14. The molecule has 1 saturated heterocycles. The topological polar surface area (TPSA) is 26.0 Å². The van der Waals surface area contributed by atoms with Crippen LogP contribution in [0.1, 0.15) is 31.4 Å². The Morgan fingerprint density at radius 1 is 1.30 bits per heavy atom. The zero-order valence-electron chi connectivity index (χ0n) is 13.7. The summed E-state index contributed by atoms with van der Waals surface area (Å²) in [6, 6.07) is 3.01. The Balaban J connectivity index is 2.34. The Labute approximate surface area is 134 Å². The number of rotatable bonds is 5. The normalized spacial score (nSPS) is 25.3. The molecule has 1 aliphatic rings. The number of quaternary nitrogens is 1. The van der Waals surface area contributed by atoms with Crippen LogP contribution in [0.3, 0.4) is 0 Å². The van der Waals surface area contributed by atoms with E-state index < -0.39 is 17.6 Å². The third-order valence-electron chi connectivity index (χ3n) is 4.63. The highest BCUT2D eigenvalue weighted by Crippen LogP contribution is 2.36. The Bertz CT molecular complexity index is 542. The summed E-state index contributed by atoms with van der Waals surface area (Å²) in [6.07, 6.45) is -3.60. The van der Waals surface area contributed by atoms with E-state index in [0.29, 0.717) is 28.9 Å². The summed E-state index contributed by atoms with van der Waals surface area (Å²) >= 11 is 0. The fourth-order valence-electron chi connectivity index (χ4n) is 3.84. The zero-order chi connectivity index (χ0) is 17.3. The third-order valence-corrected chi connectivity index (χ3v) is 4.63. The molecule has 23 heavy (non-hydrogen) atoms. The van der Waals surface area contributed by atoms with E-state index in [9.17, 15) is 17.6 Å². The molecule has 2 nitrogen and oxygen atoms in total. The van der Waals surface area contributed by atoms with E-state index in [2.05, 4.69) is 13.8 Å². The van der Waals surface area contributed by atoms with Crippen LogP contribution in [-0.2, 0) is 12.7 Å². The number of hydrogen-bond donors (Lipinski definition) is 1. The van der Waals surface area contributed by atoms with Gasteiger partial charge in [-0.3, -0.25) is 0 Å².